The Balaban J connectivity index is 1.99. The summed E-state index contributed by atoms with van der Waals surface area (Å²) in [6, 6.07) is 7.55. The van der Waals surface area contributed by atoms with Crippen molar-refractivity contribution in [3.8, 4) is 5.75 Å². The first-order valence-electron chi connectivity index (χ1n) is 6.89. The van der Waals surface area contributed by atoms with Gasteiger partial charge in [-0.05, 0) is 38.5 Å². The summed E-state index contributed by atoms with van der Waals surface area (Å²) in [6.45, 7) is 5.88. The van der Waals surface area contributed by atoms with Gasteiger partial charge in [-0.25, -0.2) is 4.98 Å². The molecule has 1 atom stereocenters. The molecule has 0 fully saturated rings. The number of nitrogens with zero attached hydrogens (tertiary/aromatic N) is 3. The van der Waals surface area contributed by atoms with Gasteiger partial charge in [-0.1, -0.05) is 12.1 Å². The number of ether oxygens (including phenoxy) is 1. The van der Waals surface area contributed by atoms with Crippen molar-refractivity contribution in [3.05, 3.63) is 42.0 Å². The van der Waals surface area contributed by atoms with E-state index in [1.54, 1.807) is 7.05 Å². The van der Waals surface area contributed by atoms with Crippen molar-refractivity contribution in [2.24, 2.45) is 7.05 Å². The highest BCUT2D eigenvalue weighted by Gasteiger charge is 2.14. The minimum atomic E-state index is -0.286. The van der Waals surface area contributed by atoms with Crippen LogP contribution in [0.1, 0.15) is 43.0 Å². The second kappa shape index (κ2) is 6.39. The lowest BCUT2D eigenvalue weighted by Gasteiger charge is -2.15. The SMILES string of the molecule is CC(C)Oc1ccc(C(C)NC(=O)c2ncn(C)n2)cc1. The normalized spacial score (nSPS) is 12.2. The monoisotopic (exact) mass is 288 g/mol. The van der Waals surface area contributed by atoms with E-state index in [1.807, 2.05) is 45.0 Å². The zero-order chi connectivity index (χ0) is 15.4. The Morgan fingerprint density at radius 2 is 1.90 bits per heavy atom. The van der Waals surface area contributed by atoms with E-state index >= 15 is 0 Å². The summed E-state index contributed by atoms with van der Waals surface area (Å²) < 4.78 is 7.09. The summed E-state index contributed by atoms with van der Waals surface area (Å²) in [5.74, 6) is 0.702. The predicted octanol–water partition coefficient (Wildman–Crippen LogP) is 2.09. The van der Waals surface area contributed by atoms with Crippen molar-refractivity contribution >= 4 is 5.91 Å². The molecule has 1 aromatic carbocycles. The highest BCUT2D eigenvalue weighted by atomic mass is 16.5. The fourth-order valence-electron chi connectivity index (χ4n) is 1.90. The van der Waals surface area contributed by atoms with Crippen molar-refractivity contribution < 1.29 is 9.53 Å². The molecule has 2 aromatic rings. The number of amides is 1. The van der Waals surface area contributed by atoms with E-state index in [-0.39, 0.29) is 23.9 Å². The fraction of sp³-hybridized carbons (Fsp3) is 0.400. The summed E-state index contributed by atoms with van der Waals surface area (Å²) in [6.07, 6.45) is 1.64. The molecular weight excluding hydrogens is 268 g/mol. The first-order chi connectivity index (χ1) is 9.95. The summed E-state index contributed by atoms with van der Waals surface area (Å²) in [5, 5.41) is 6.85. The quantitative estimate of drug-likeness (QED) is 0.914. The van der Waals surface area contributed by atoms with Crippen LogP contribution in [-0.4, -0.2) is 26.8 Å². The van der Waals surface area contributed by atoms with Crippen LogP contribution in [0.25, 0.3) is 0 Å². The third kappa shape index (κ3) is 4.05. The van der Waals surface area contributed by atoms with Gasteiger partial charge in [0.2, 0.25) is 5.82 Å². The predicted molar refractivity (Wildman–Crippen MR) is 79.1 cm³/mol. The van der Waals surface area contributed by atoms with Gasteiger partial charge in [0.05, 0.1) is 12.1 Å². The maximum atomic E-state index is 12.0. The van der Waals surface area contributed by atoms with Crippen LogP contribution in [-0.2, 0) is 7.05 Å². The Kier molecular flexibility index (Phi) is 4.57. The number of carbonyl (C=O) groups is 1. The molecule has 0 spiro atoms. The minimum Gasteiger partial charge on any atom is -0.491 e. The molecule has 0 saturated carbocycles. The Morgan fingerprint density at radius 3 is 2.43 bits per heavy atom. The van der Waals surface area contributed by atoms with Crippen LogP contribution in [0.2, 0.25) is 0 Å². The molecule has 1 heterocycles. The van der Waals surface area contributed by atoms with E-state index < -0.39 is 0 Å². The van der Waals surface area contributed by atoms with E-state index in [9.17, 15) is 4.79 Å². The molecule has 0 bridgehead atoms. The number of carbonyl (C=O) groups excluding carboxylic acids is 1. The molecule has 0 saturated heterocycles. The lowest BCUT2D eigenvalue weighted by Crippen LogP contribution is -2.27. The summed E-state index contributed by atoms with van der Waals surface area (Å²) in [7, 11) is 1.72. The fourth-order valence-corrected chi connectivity index (χ4v) is 1.90. The highest BCUT2D eigenvalue weighted by molar-refractivity contribution is 5.90. The first-order valence-corrected chi connectivity index (χ1v) is 6.89. The molecule has 2 rings (SSSR count). The van der Waals surface area contributed by atoms with Crippen LogP contribution in [0.3, 0.4) is 0 Å². The van der Waals surface area contributed by atoms with Gasteiger partial charge in [0.15, 0.2) is 0 Å². The van der Waals surface area contributed by atoms with E-state index in [1.165, 1.54) is 11.0 Å². The van der Waals surface area contributed by atoms with Crippen LogP contribution in [0.4, 0.5) is 0 Å². The number of aromatic nitrogens is 3. The van der Waals surface area contributed by atoms with Gasteiger partial charge in [0, 0.05) is 7.05 Å². The molecule has 6 nitrogen and oxygen atoms in total. The Bertz CT molecular complexity index is 604. The standard InChI is InChI=1S/C15H20N4O2/c1-10(2)21-13-7-5-12(6-8-13)11(3)17-15(20)14-16-9-19(4)18-14/h5-11H,1-4H3,(H,17,20). The number of rotatable bonds is 5. The molecule has 112 valence electrons. The van der Waals surface area contributed by atoms with Crippen LogP contribution in [0.5, 0.6) is 5.75 Å². The average Bonchev–Trinajstić information content (AvgIpc) is 2.85. The Hall–Kier alpha value is -2.37. The summed E-state index contributed by atoms with van der Waals surface area (Å²) in [5.41, 5.74) is 0.996. The molecule has 6 heteroatoms. The molecule has 1 N–H and O–H groups in total. The third-order valence-corrected chi connectivity index (χ3v) is 2.90. The average molecular weight is 288 g/mol. The van der Waals surface area contributed by atoms with Gasteiger partial charge in [-0.2, -0.15) is 0 Å². The topological polar surface area (TPSA) is 69.0 Å². The third-order valence-electron chi connectivity index (χ3n) is 2.90. The molecule has 0 aliphatic rings. The second-order valence-corrected chi connectivity index (χ2v) is 5.17. The molecule has 1 aromatic heterocycles. The number of benzene rings is 1. The van der Waals surface area contributed by atoms with Crippen LogP contribution in [0, 0.1) is 0 Å². The van der Waals surface area contributed by atoms with E-state index in [0.29, 0.717) is 0 Å². The maximum absolute atomic E-state index is 12.0. The van der Waals surface area contributed by atoms with Gasteiger partial charge in [-0.15, -0.1) is 5.10 Å². The number of aryl methyl sites for hydroxylation is 1. The van der Waals surface area contributed by atoms with E-state index in [0.717, 1.165) is 11.3 Å². The minimum absolute atomic E-state index is 0.130. The van der Waals surface area contributed by atoms with Crippen LogP contribution < -0.4 is 10.1 Å². The van der Waals surface area contributed by atoms with Gasteiger partial charge in [0.25, 0.3) is 5.91 Å². The lowest BCUT2D eigenvalue weighted by atomic mass is 10.1. The van der Waals surface area contributed by atoms with Crippen molar-refractivity contribution in [1.82, 2.24) is 20.1 Å². The molecule has 1 amide bonds. The first kappa shape index (κ1) is 15.0. The molecule has 1 unspecified atom stereocenters. The lowest BCUT2D eigenvalue weighted by molar-refractivity contribution is 0.0929. The molecule has 0 aliphatic heterocycles. The zero-order valence-corrected chi connectivity index (χ0v) is 12.7. The highest BCUT2D eigenvalue weighted by Crippen LogP contribution is 2.18. The van der Waals surface area contributed by atoms with Gasteiger partial charge in [0.1, 0.15) is 12.1 Å². The second-order valence-electron chi connectivity index (χ2n) is 5.17. The molecule has 21 heavy (non-hydrogen) atoms. The van der Waals surface area contributed by atoms with Crippen molar-refractivity contribution in [1.29, 1.82) is 0 Å². The van der Waals surface area contributed by atoms with Gasteiger partial charge >= 0.3 is 0 Å². The van der Waals surface area contributed by atoms with Crippen LogP contribution >= 0.6 is 0 Å². The van der Waals surface area contributed by atoms with Crippen molar-refractivity contribution in [3.63, 3.8) is 0 Å². The van der Waals surface area contributed by atoms with Crippen LogP contribution in [0.15, 0.2) is 30.6 Å². The summed E-state index contributed by atoms with van der Waals surface area (Å²) in [4.78, 5) is 15.9. The Morgan fingerprint density at radius 1 is 1.24 bits per heavy atom. The van der Waals surface area contributed by atoms with Gasteiger partial charge in [-0.3, -0.25) is 9.48 Å². The van der Waals surface area contributed by atoms with E-state index in [2.05, 4.69) is 15.4 Å². The smallest absolute Gasteiger partial charge is 0.291 e. The molecule has 0 aliphatic carbocycles. The molecule has 0 radical (unpaired) electrons. The number of hydrogen-bond donors (Lipinski definition) is 1. The Labute approximate surface area is 124 Å². The number of nitrogens with one attached hydrogen (secondary N) is 1. The summed E-state index contributed by atoms with van der Waals surface area (Å²) >= 11 is 0. The van der Waals surface area contributed by atoms with Crippen molar-refractivity contribution in [2.75, 3.05) is 0 Å². The zero-order valence-electron chi connectivity index (χ0n) is 12.7. The maximum Gasteiger partial charge on any atom is 0.291 e. The largest absolute Gasteiger partial charge is 0.491 e. The van der Waals surface area contributed by atoms with Crippen molar-refractivity contribution in [2.45, 2.75) is 32.9 Å². The van der Waals surface area contributed by atoms with E-state index in [4.69, 9.17) is 4.74 Å². The molecular formula is C15H20N4O2. The number of hydrogen-bond acceptors (Lipinski definition) is 4. The van der Waals surface area contributed by atoms with Gasteiger partial charge < -0.3 is 10.1 Å².